The van der Waals surface area contributed by atoms with E-state index in [1.54, 1.807) is 20.2 Å². The number of guanidine groups is 1. The molecule has 1 amide bonds. The van der Waals surface area contributed by atoms with Crippen molar-refractivity contribution in [3.63, 3.8) is 0 Å². The van der Waals surface area contributed by atoms with Crippen LogP contribution >= 0.6 is 0 Å². The van der Waals surface area contributed by atoms with Gasteiger partial charge in [0.05, 0.1) is 6.42 Å². The third-order valence-corrected chi connectivity index (χ3v) is 4.50. The molecule has 6 nitrogen and oxygen atoms in total. The molecule has 6 heteroatoms. The van der Waals surface area contributed by atoms with Crippen molar-refractivity contribution in [2.45, 2.75) is 38.6 Å². The van der Waals surface area contributed by atoms with Gasteiger partial charge in [0.25, 0.3) is 0 Å². The molecule has 24 heavy (non-hydrogen) atoms. The van der Waals surface area contributed by atoms with Gasteiger partial charge in [0.15, 0.2) is 5.96 Å². The molecule has 1 fully saturated rings. The van der Waals surface area contributed by atoms with Crippen molar-refractivity contribution in [1.82, 2.24) is 20.2 Å². The minimum Gasteiger partial charge on any atom is -0.350 e. The number of carbonyl (C=O) groups is 1. The lowest BCUT2D eigenvalue weighted by Gasteiger charge is -2.39. The van der Waals surface area contributed by atoms with Gasteiger partial charge >= 0.3 is 0 Å². The molecule has 0 radical (unpaired) electrons. The number of H-pyrrole nitrogens is 1. The van der Waals surface area contributed by atoms with Crippen molar-refractivity contribution in [3.8, 4) is 11.8 Å². The van der Waals surface area contributed by atoms with E-state index in [1.165, 1.54) is 4.90 Å². The summed E-state index contributed by atoms with van der Waals surface area (Å²) in [5.41, 5.74) is 2.49. The number of pyridine rings is 1. The normalized spacial score (nSPS) is 20.7. The topological polar surface area (TPSA) is 84.9 Å². The van der Waals surface area contributed by atoms with Gasteiger partial charge in [0.1, 0.15) is 5.65 Å². The Morgan fingerprint density at radius 2 is 2.29 bits per heavy atom. The van der Waals surface area contributed by atoms with Crippen LogP contribution in [0.1, 0.15) is 37.8 Å². The predicted molar refractivity (Wildman–Crippen MR) is 93.6 cm³/mol. The van der Waals surface area contributed by atoms with Crippen LogP contribution in [0.5, 0.6) is 0 Å². The lowest BCUT2D eigenvalue weighted by Crippen LogP contribution is -2.60. The minimum absolute atomic E-state index is 0.0256. The maximum atomic E-state index is 12.0. The zero-order valence-corrected chi connectivity index (χ0v) is 14.2. The van der Waals surface area contributed by atoms with Gasteiger partial charge in [-0.2, -0.15) is 0 Å². The van der Waals surface area contributed by atoms with E-state index in [2.05, 4.69) is 27.1 Å². The van der Waals surface area contributed by atoms with Gasteiger partial charge in [-0.15, -0.1) is 5.92 Å². The number of nitrogens with one attached hydrogen (secondary N) is 3. The number of fused-ring (bicyclic) bond motifs is 1. The van der Waals surface area contributed by atoms with Gasteiger partial charge in [0, 0.05) is 35.9 Å². The molecule has 2 aromatic heterocycles. The molecule has 0 aromatic carbocycles. The first-order chi connectivity index (χ1) is 11.4. The highest BCUT2D eigenvalue weighted by Crippen LogP contribution is 2.25. The first kappa shape index (κ1) is 16.1. The minimum atomic E-state index is -0.404. The molecule has 2 aromatic rings. The third-order valence-electron chi connectivity index (χ3n) is 4.50. The molecule has 0 aliphatic carbocycles. The van der Waals surface area contributed by atoms with Crippen LogP contribution in [0.25, 0.3) is 11.0 Å². The van der Waals surface area contributed by atoms with Gasteiger partial charge < -0.3 is 10.3 Å². The highest BCUT2D eigenvalue weighted by molar-refractivity contribution is 5.98. The van der Waals surface area contributed by atoms with E-state index in [0.29, 0.717) is 6.42 Å². The Labute approximate surface area is 141 Å². The summed E-state index contributed by atoms with van der Waals surface area (Å²) in [6.45, 7) is 3.80. The van der Waals surface area contributed by atoms with Crippen molar-refractivity contribution in [2.24, 2.45) is 0 Å². The molecule has 1 aliphatic rings. The SMILES string of the molecule is CC#Cc1cnc2[nH]cc(CC[C@@]3(C)CC(=O)N(C)C(=N)N3)c2c1. The number of rotatable bonds is 3. The van der Waals surface area contributed by atoms with Crippen LogP contribution in [-0.2, 0) is 11.2 Å². The van der Waals surface area contributed by atoms with E-state index >= 15 is 0 Å². The van der Waals surface area contributed by atoms with Crippen LogP contribution in [0.2, 0.25) is 0 Å². The Hall–Kier alpha value is -2.81. The average molecular weight is 323 g/mol. The van der Waals surface area contributed by atoms with Crippen molar-refractivity contribution in [3.05, 3.63) is 29.6 Å². The first-order valence-electron chi connectivity index (χ1n) is 7.94. The summed E-state index contributed by atoms with van der Waals surface area (Å²) in [6.07, 6.45) is 5.66. The Bertz CT molecular complexity index is 852. The number of aromatic amines is 1. The maximum absolute atomic E-state index is 12.0. The summed E-state index contributed by atoms with van der Waals surface area (Å²) in [4.78, 5) is 21.0. The molecule has 1 atom stereocenters. The summed E-state index contributed by atoms with van der Waals surface area (Å²) < 4.78 is 0. The van der Waals surface area contributed by atoms with Gasteiger partial charge in [-0.25, -0.2) is 4.98 Å². The number of aryl methyl sites for hydroxylation is 1. The molecule has 1 saturated heterocycles. The number of nitrogens with zero attached hydrogens (tertiary/aromatic N) is 2. The molecule has 0 unspecified atom stereocenters. The molecule has 0 spiro atoms. The van der Waals surface area contributed by atoms with Crippen LogP contribution in [0.4, 0.5) is 0 Å². The fraction of sp³-hybridized carbons (Fsp3) is 0.389. The van der Waals surface area contributed by atoms with E-state index < -0.39 is 5.54 Å². The zero-order valence-electron chi connectivity index (χ0n) is 14.2. The van der Waals surface area contributed by atoms with E-state index in [-0.39, 0.29) is 11.9 Å². The van der Waals surface area contributed by atoms with Crippen LogP contribution < -0.4 is 5.32 Å². The van der Waals surface area contributed by atoms with Crippen molar-refractivity contribution in [1.29, 1.82) is 5.41 Å². The second-order valence-electron chi connectivity index (χ2n) is 6.47. The van der Waals surface area contributed by atoms with Gasteiger partial charge in [-0.05, 0) is 38.3 Å². The van der Waals surface area contributed by atoms with Crippen LogP contribution in [0, 0.1) is 17.3 Å². The zero-order chi connectivity index (χ0) is 17.3. The monoisotopic (exact) mass is 323 g/mol. The standard InChI is InChI=1S/C18H21N5O/c1-4-5-12-8-14-13(11-21-16(14)20-10-12)6-7-18(2)9-15(24)23(3)17(19)22-18/h8,10-11H,6-7,9H2,1-3H3,(H2,19,22)(H,20,21)/t18-/m0/s1. The van der Waals surface area contributed by atoms with E-state index in [1.807, 2.05) is 19.2 Å². The van der Waals surface area contributed by atoms with Crippen molar-refractivity contribution >= 4 is 22.9 Å². The number of carbonyl (C=O) groups excluding carboxylic acids is 1. The van der Waals surface area contributed by atoms with Gasteiger partial charge in [0.2, 0.25) is 5.91 Å². The maximum Gasteiger partial charge on any atom is 0.231 e. The number of amides is 1. The fourth-order valence-corrected chi connectivity index (χ4v) is 3.03. The highest BCUT2D eigenvalue weighted by atomic mass is 16.2. The Kier molecular flexibility index (Phi) is 4.02. The number of hydrogen-bond donors (Lipinski definition) is 3. The van der Waals surface area contributed by atoms with Crippen molar-refractivity contribution in [2.75, 3.05) is 7.05 Å². The van der Waals surface area contributed by atoms with E-state index in [9.17, 15) is 4.79 Å². The summed E-state index contributed by atoms with van der Waals surface area (Å²) in [5.74, 6) is 6.05. The molecular weight excluding hydrogens is 302 g/mol. The smallest absolute Gasteiger partial charge is 0.231 e. The van der Waals surface area contributed by atoms with Crippen molar-refractivity contribution < 1.29 is 4.79 Å². The van der Waals surface area contributed by atoms with Crippen LogP contribution in [-0.4, -0.2) is 39.3 Å². The van der Waals surface area contributed by atoms with E-state index in [4.69, 9.17) is 5.41 Å². The molecule has 3 heterocycles. The number of aromatic nitrogens is 2. The molecule has 124 valence electrons. The fourth-order valence-electron chi connectivity index (χ4n) is 3.03. The van der Waals surface area contributed by atoms with Gasteiger partial charge in [-0.1, -0.05) is 5.92 Å². The van der Waals surface area contributed by atoms with E-state index in [0.717, 1.165) is 35.0 Å². The lowest BCUT2D eigenvalue weighted by molar-refractivity contribution is -0.129. The molecule has 0 saturated carbocycles. The predicted octanol–water partition coefficient (Wildman–Crippen LogP) is 2.01. The summed E-state index contributed by atoms with van der Waals surface area (Å²) in [7, 11) is 1.62. The largest absolute Gasteiger partial charge is 0.350 e. The summed E-state index contributed by atoms with van der Waals surface area (Å²) in [6, 6.07) is 2.04. The third kappa shape index (κ3) is 2.98. The average Bonchev–Trinajstić information content (AvgIpc) is 2.93. The summed E-state index contributed by atoms with van der Waals surface area (Å²) >= 11 is 0. The molecular formula is C18H21N5O. The first-order valence-corrected chi connectivity index (χ1v) is 7.94. The second kappa shape index (κ2) is 6.00. The van der Waals surface area contributed by atoms with Gasteiger partial charge in [-0.3, -0.25) is 15.1 Å². The molecule has 3 N–H and O–H groups in total. The lowest BCUT2D eigenvalue weighted by atomic mass is 9.88. The Balaban J connectivity index is 1.80. The molecule has 1 aliphatic heterocycles. The Morgan fingerprint density at radius 1 is 1.50 bits per heavy atom. The quantitative estimate of drug-likeness (QED) is 0.755. The van der Waals surface area contributed by atoms with Crippen LogP contribution in [0.15, 0.2) is 18.5 Å². The Morgan fingerprint density at radius 3 is 3.00 bits per heavy atom. The highest BCUT2D eigenvalue weighted by Gasteiger charge is 2.36. The summed E-state index contributed by atoms with van der Waals surface area (Å²) in [5, 5.41) is 12.1. The second-order valence-corrected chi connectivity index (χ2v) is 6.47. The van der Waals surface area contributed by atoms with Crippen LogP contribution in [0.3, 0.4) is 0 Å². The molecule has 0 bridgehead atoms. The molecule has 3 rings (SSSR count). The number of hydrogen-bond acceptors (Lipinski definition) is 3.